The number of esters is 1. The van der Waals surface area contributed by atoms with Crippen molar-refractivity contribution in [3.63, 3.8) is 0 Å². The standard InChI is InChI=1S/C14H15NO6S/c1-4-20-14(16)11(9-15)7-10-5-6-12(13(8-10)19-2)21-22(3,17)18/h5-8H,4H2,1-3H3/b11-7-. The highest BCUT2D eigenvalue weighted by Crippen LogP contribution is 2.29. The molecule has 0 saturated heterocycles. The van der Waals surface area contributed by atoms with Gasteiger partial charge in [0.05, 0.1) is 20.0 Å². The van der Waals surface area contributed by atoms with Crippen molar-refractivity contribution in [2.75, 3.05) is 20.0 Å². The monoisotopic (exact) mass is 325 g/mol. The largest absolute Gasteiger partial charge is 0.493 e. The second-order valence-corrected chi connectivity index (χ2v) is 5.66. The number of methoxy groups -OCH3 is 1. The van der Waals surface area contributed by atoms with Crippen molar-refractivity contribution in [2.45, 2.75) is 6.92 Å². The molecule has 0 bridgehead atoms. The van der Waals surface area contributed by atoms with Gasteiger partial charge in [-0.2, -0.15) is 13.7 Å². The van der Waals surface area contributed by atoms with E-state index in [-0.39, 0.29) is 23.7 Å². The third-order valence-corrected chi connectivity index (χ3v) is 2.84. The summed E-state index contributed by atoms with van der Waals surface area (Å²) in [5.41, 5.74) is 0.281. The van der Waals surface area contributed by atoms with Crippen LogP contribution in [0.25, 0.3) is 6.08 Å². The van der Waals surface area contributed by atoms with Crippen LogP contribution < -0.4 is 8.92 Å². The minimum atomic E-state index is -3.69. The van der Waals surface area contributed by atoms with E-state index >= 15 is 0 Å². The smallest absolute Gasteiger partial charge is 0.348 e. The van der Waals surface area contributed by atoms with Crippen LogP contribution in [-0.4, -0.2) is 34.4 Å². The van der Waals surface area contributed by atoms with Crippen molar-refractivity contribution in [1.29, 1.82) is 5.26 Å². The van der Waals surface area contributed by atoms with Crippen molar-refractivity contribution >= 4 is 22.2 Å². The zero-order valence-electron chi connectivity index (χ0n) is 12.3. The van der Waals surface area contributed by atoms with E-state index in [2.05, 4.69) is 0 Å². The highest BCUT2D eigenvalue weighted by atomic mass is 32.2. The average molecular weight is 325 g/mol. The quantitative estimate of drug-likeness (QED) is 0.338. The van der Waals surface area contributed by atoms with E-state index in [1.54, 1.807) is 13.0 Å². The molecular weight excluding hydrogens is 310 g/mol. The Labute approximate surface area is 128 Å². The van der Waals surface area contributed by atoms with E-state index in [9.17, 15) is 13.2 Å². The molecule has 0 aliphatic carbocycles. The molecule has 0 amide bonds. The van der Waals surface area contributed by atoms with Gasteiger partial charge < -0.3 is 13.7 Å². The summed E-state index contributed by atoms with van der Waals surface area (Å²) in [6.45, 7) is 1.79. The molecule has 0 aromatic heterocycles. The second-order valence-electron chi connectivity index (χ2n) is 4.09. The fourth-order valence-corrected chi connectivity index (χ4v) is 1.98. The van der Waals surface area contributed by atoms with Gasteiger partial charge in [0.15, 0.2) is 11.5 Å². The predicted molar refractivity (Wildman–Crippen MR) is 78.7 cm³/mol. The normalized spacial score (nSPS) is 11.5. The Kier molecular flexibility index (Phi) is 5.95. The molecule has 0 aliphatic heterocycles. The fraction of sp³-hybridized carbons (Fsp3) is 0.286. The highest BCUT2D eigenvalue weighted by molar-refractivity contribution is 7.86. The lowest BCUT2D eigenvalue weighted by Crippen LogP contribution is -2.07. The molecule has 0 unspecified atom stereocenters. The zero-order chi connectivity index (χ0) is 16.8. The van der Waals surface area contributed by atoms with Gasteiger partial charge in [0.2, 0.25) is 0 Å². The molecule has 0 atom stereocenters. The van der Waals surface area contributed by atoms with E-state index in [0.29, 0.717) is 5.56 Å². The fourth-order valence-electron chi connectivity index (χ4n) is 1.52. The van der Waals surface area contributed by atoms with Crippen molar-refractivity contribution in [1.82, 2.24) is 0 Å². The van der Waals surface area contributed by atoms with Gasteiger partial charge in [0.25, 0.3) is 0 Å². The van der Waals surface area contributed by atoms with Gasteiger partial charge in [-0.05, 0) is 30.7 Å². The summed E-state index contributed by atoms with van der Waals surface area (Å²) in [5, 5.41) is 8.96. The third-order valence-electron chi connectivity index (χ3n) is 2.36. The maximum atomic E-state index is 11.5. The number of nitrogens with zero attached hydrogens (tertiary/aromatic N) is 1. The lowest BCUT2D eigenvalue weighted by Gasteiger charge is -2.09. The average Bonchev–Trinajstić information content (AvgIpc) is 2.44. The highest BCUT2D eigenvalue weighted by Gasteiger charge is 2.13. The van der Waals surface area contributed by atoms with Gasteiger partial charge in [0.1, 0.15) is 11.6 Å². The summed E-state index contributed by atoms with van der Waals surface area (Å²) in [6, 6.07) is 6.04. The predicted octanol–water partition coefficient (Wildman–Crippen LogP) is 1.50. The minimum Gasteiger partial charge on any atom is -0.493 e. The van der Waals surface area contributed by atoms with E-state index in [0.717, 1.165) is 6.26 Å². The van der Waals surface area contributed by atoms with Gasteiger partial charge in [-0.3, -0.25) is 0 Å². The summed E-state index contributed by atoms with van der Waals surface area (Å²) in [5.74, 6) is -0.572. The van der Waals surface area contributed by atoms with Gasteiger partial charge in [0, 0.05) is 0 Å². The van der Waals surface area contributed by atoms with Crippen LogP contribution >= 0.6 is 0 Å². The Hall–Kier alpha value is -2.53. The first-order chi connectivity index (χ1) is 10.3. The molecule has 1 rings (SSSR count). The van der Waals surface area contributed by atoms with E-state index in [1.807, 2.05) is 0 Å². The van der Waals surface area contributed by atoms with E-state index < -0.39 is 16.1 Å². The number of benzene rings is 1. The van der Waals surface area contributed by atoms with Crippen LogP contribution in [0.3, 0.4) is 0 Å². The van der Waals surface area contributed by atoms with Crippen molar-refractivity contribution in [2.24, 2.45) is 0 Å². The molecule has 0 radical (unpaired) electrons. The maximum Gasteiger partial charge on any atom is 0.348 e. The van der Waals surface area contributed by atoms with Crippen LogP contribution in [0.15, 0.2) is 23.8 Å². The van der Waals surface area contributed by atoms with Crippen LogP contribution in [0, 0.1) is 11.3 Å². The number of rotatable bonds is 6. The van der Waals surface area contributed by atoms with Crippen molar-refractivity contribution in [3.8, 4) is 17.6 Å². The molecule has 7 nitrogen and oxygen atoms in total. The van der Waals surface area contributed by atoms with Crippen LogP contribution in [0.4, 0.5) is 0 Å². The van der Waals surface area contributed by atoms with Crippen LogP contribution in [0.2, 0.25) is 0 Å². The van der Waals surface area contributed by atoms with Crippen LogP contribution in [0.5, 0.6) is 11.5 Å². The van der Waals surface area contributed by atoms with Crippen molar-refractivity contribution in [3.05, 3.63) is 29.3 Å². The maximum absolute atomic E-state index is 11.5. The van der Waals surface area contributed by atoms with Crippen molar-refractivity contribution < 1.29 is 26.9 Å². The topological polar surface area (TPSA) is 103 Å². The summed E-state index contributed by atoms with van der Waals surface area (Å²) in [6.07, 6.45) is 2.22. The second kappa shape index (κ2) is 7.47. The van der Waals surface area contributed by atoms with Crippen LogP contribution in [0.1, 0.15) is 12.5 Å². The molecule has 1 aromatic carbocycles. The van der Waals surface area contributed by atoms with Gasteiger partial charge in [-0.15, -0.1) is 0 Å². The Bertz CT molecular complexity index is 730. The SMILES string of the molecule is CCOC(=O)/C(C#N)=C\c1ccc(OS(C)(=O)=O)c(OC)c1. The Morgan fingerprint density at radius 3 is 2.55 bits per heavy atom. The molecule has 0 heterocycles. The minimum absolute atomic E-state index is 0.0109. The molecule has 118 valence electrons. The van der Waals surface area contributed by atoms with Crippen LogP contribution in [-0.2, 0) is 19.6 Å². The third kappa shape index (κ3) is 5.10. The first-order valence-corrected chi connectivity index (χ1v) is 7.98. The number of carbonyl (C=O) groups is 1. The molecule has 22 heavy (non-hydrogen) atoms. The lowest BCUT2D eigenvalue weighted by molar-refractivity contribution is -0.137. The number of carbonyl (C=O) groups excluding carboxylic acids is 1. The first-order valence-electron chi connectivity index (χ1n) is 6.17. The Balaban J connectivity index is 3.18. The molecule has 0 fully saturated rings. The molecule has 0 saturated carbocycles. The first kappa shape index (κ1) is 17.5. The molecule has 0 aliphatic rings. The summed E-state index contributed by atoms with van der Waals surface area (Å²) < 4.78 is 36.8. The molecule has 1 aromatic rings. The summed E-state index contributed by atoms with van der Waals surface area (Å²) in [7, 11) is -2.35. The van der Waals surface area contributed by atoms with E-state index in [1.165, 1.54) is 31.4 Å². The zero-order valence-corrected chi connectivity index (χ0v) is 13.1. The number of ether oxygens (including phenoxy) is 2. The molecule has 8 heteroatoms. The summed E-state index contributed by atoms with van der Waals surface area (Å²) >= 11 is 0. The lowest BCUT2D eigenvalue weighted by atomic mass is 10.1. The molecular formula is C14H15NO6S. The number of nitriles is 1. The Morgan fingerprint density at radius 2 is 2.05 bits per heavy atom. The summed E-state index contributed by atoms with van der Waals surface area (Å²) in [4.78, 5) is 11.5. The van der Waals surface area contributed by atoms with Gasteiger partial charge in [-0.1, -0.05) is 6.07 Å². The molecule has 0 N–H and O–H groups in total. The van der Waals surface area contributed by atoms with Gasteiger partial charge in [-0.25, -0.2) is 4.79 Å². The Morgan fingerprint density at radius 1 is 1.36 bits per heavy atom. The number of hydrogen-bond donors (Lipinski definition) is 0. The molecule has 0 spiro atoms. The van der Waals surface area contributed by atoms with E-state index in [4.69, 9.17) is 18.9 Å². The number of hydrogen-bond acceptors (Lipinski definition) is 7. The van der Waals surface area contributed by atoms with Gasteiger partial charge >= 0.3 is 16.1 Å².